The van der Waals surface area contributed by atoms with E-state index in [2.05, 4.69) is 10.3 Å². The fraction of sp³-hybridized carbons (Fsp3) is 0.364. The van der Waals surface area contributed by atoms with Crippen molar-refractivity contribution in [3.05, 3.63) is 24.4 Å². The number of anilines is 1. The second-order valence-corrected chi connectivity index (χ2v) is 3.74. The number of methoxy groups -OCH3 is 1. The van der Waals surface area contributed by atoms with Crippen LogP contribution in [0.2, 0.25) is 0 Å². The average molecular weight is 237 g/mol. The first-order chi connectivity index (χ1) is 7.98. The van der Waals surface area contributed by atoms with Crippen molar-refractivity contribution in [1.82, 2.24) is 4.98 Å². The minimum Gasteiger partial charge on any atom is -0.368 e. The number of rotatable bonds is 5. The molecule has 6 nitrogen and oxygen atoms in total. The number of carbonyl (C=O) groups is 2. The van der Waals surface area contributed by atoms with Crippen molar-refractivity contribution in [3.63, 3.8) is 0 Å². The van der Waals surface area contributed by atoms with Gasteiger partial charge < -0.3 is 15.8 Å². The number of hydrogen-bond donors (Lipinski definition) is 2. The third kappa shape index (κ3) is 3.53. The lowest BCUT2D eigenvalue weighted by Gasteiger charge is -2.23. The molecular formula is C11H15N3O3. The Hall–Kier alpha value is -1.95. The van der Waals surface area contributed by atoms with Crippen molar-refractivity contribution in [1.29, 1.82) is 0 Å². The summed E-state index contributed by atoms with van der Waals surface area (Å²) < 4.78 is 4.95. The van der Waals surface area contributed by atoms with Crippen molar-refractivity contribution in [3.8, 4) is 0 Å². The van der Waals surface area contributed by atoms with Gasteiger partial charge in [0, 0.05) is 13.3 Å². The molecule has 1 aromatic heterocycles. The van der Waals surface area contributed by atoms with Gasteiger partial charge in [0.05, 0.1) is 6.42 Å². The van der Waals surface area contributed by atoms with Crippen molar-refractivity contribution in [2.24, 2.45) is 5.73 Å². The summed E-state index contributed by atoms with van der Waals surface area (Å²) in [5.74, 6) is -0.650. The van der Waals surface area contributed by atoms with Crippen molar-refractivity contribution < 1.29 is 14.3 Å². The summed E-state index contributed by atoms with van der Waals surface area (Å²) in [4.78, 5) is 26.7. The van der Waals surface area contributed by atoms with Gasteiger partial charge in [-0.3, -0.25) is 9.59 Å². The normalized spacial score (nSPS) is 13.8. The maximum Gasteiger partial charge on any atom is 0.249 e. The van der Waals surface area contributed by atoms with Crippen LogP contribution in [0.15, 0.2) is 24.4 Å². The second kappa shape index (κ2) is 5.40. The van der Waals surface area contributed by atoms with Gasteiger partial charge in [-0.15, -0.1) is 0 Å². The highest BCUT2D eigenvalue weighted by molar-refractivity contribution is 5.95. The second-order valence-electron chi connectivity index (χ2n) is 3.74. The highest BCUT2D eigenvalue weighted by atomic mass is 16.5. The Labute approximate surface area is 99.2 Å². The van der Waals surface area contributed by atoms with E-state index in [-0.39, 0.29) is 12.3 Å². The number of carbonyl (C=O) groups excluding carboxylic acids is 2. The molecule has 0 bridgehead atoms. The van der Waals surface area contributed by atoms with Crippen molar-refractivity contribution in [2.75, 3.05) is 12.4 Å². The van der Waals surface area contributed by atoms with Crippen LogP contribution in [0.4, 0.5) is 5.82 Å². The van der Waals surface area contributed by atoms with E-state index < -0.39 is 11.5 Å². The van der Waals surface area contributed by atoms with Crippen LogP contribution < -0.4 is 11.1 Å². The molecule has 1 unspecified atom stereocenters. The van der Waals surface area contributed by atoms with E-state index in [9.17, 15) is 9.59 Å². The quantitative estimate of drug-likeness (QED) is 0.770. The lowest BCUT2D eigenvalue weighted by Crippen LogP contribution is -2.45. The molecule has 17 heavy (non-hydrogen) atoms. The molecule has 0 radical (unpaired) electrons. The van der Waals surface area contributed by atoms with Gasteiger partial charge in [-0.2, -0.15) is 0 Å². The molecule has 0 saturated heterocycles. The van der Waals surface area contributed by atoms with Gasteiger partial charge in [-0.25, -0.2) is 4.98 Å². The summed E-state index contributed by atoms with van der Waals surface area (Å²) in [6.45, 7) is 1.47. The number of pyridine rings is 1. The largest absolute Gasteiger partial charge is 0.368 e. The molecule has 0 saturated carbocycles. The number of nitrogens with zero attached hydrogens (tertiary/aromatic N) is 1. The summed E-state index contributed by atoms with van der Waals surface area (Å²) in [6.07, 6.45) is 1.40. The van der Waals surface area contributed by atoms with E-state index in [1.165, 1.54) is 14.0 Å². The molecule has 6 heteroatoms. The molecule has 0 aliphatic heterocycles. The summed E-state index contributed by atoms with van der Waals surface area (Å²) in [5.41, 5.74) is 3.86. The van der Waals surface area contributed by atoms with E-state index in [4.69, 9.17) is 10.5 Å². The van der Waals surface area contributed by atoms with Crippen LogP contribution in [0.25, 0.3) is 0 Å². The molecule has 0 aliphatic carbocycles. The first-order valence-electron chi connectivity index (χ1n) is 5.04. The number of aromatic nitrogens is 1. The highest BCUT2D eigenvalue weighted by Crippen LogP contribution is 2.14. The predicted octanol–water partition coefficient (Wildman–Crippen LogP) is 0.301. The van der Waals surface area contributed by atoms with Gasteiger partial charge in [0.15, 0.2) is 5.60 Å². The first kappa shape index (κ1) is 13.1. The lowest BCUT2D eigenvalue weighted by atomic mass is 10.0. The summed E-state index contributed by atoms with van der Waals surface area (Å²) in [5, 5.41) is 2.55. The van der Waals surface area contributed by atoms with Crippen LogP contribution in [0.1, 0.15) is 13.3 Å². The van der Waals surface area contributed by atoms with Gasteiger partial charge in [0.2, 0.25) is 11.8 Å². The summed E-state index contributed by atoms with van der Waals surface area (Å²) in [6, 6.07) is 5.12. The number of nitrogens with two attached hydrogens (primary N) is 1. The standard InChI is InChI=1S/C11H15N3O3/c1-11(17-2,10(12)16)7-9(15)14-8-5-3-4-6-13-8/h3-6H,7H2,1-2H3,(H2,12,16)(H,13,14,15). The molecule has 0 aliphatic rings. The third-order valence-corrected chi connectivity index (χ3v) is 2.40. The van der Waals surface area contributed by atoms with Gasteiger partial charge in [-0.1, -0.05) is 6.07 Å². The minimum atomic E-state index is -1.31. The summed E-state index contributed by atoms with van der Waals surface area (Å²) >= 11 is 0. The molecule has 1 heterocycles. The Balaban J connectivity index is 2.64. The maximum atomic E-state index is 11.7. The zero-order chi connectivity index (χ0) is 12.9. The smallest absolute Gasteiger partial charge is 0.249 e. The Morgan fingerprint density at radius 3 is 2.71 bits per heavy atom. The van der Waals surface area contributed by atoms with Gasteiger partial charge in [0.1, 0.15) is 5.82 Å². The van der Waals surface area contributed by atoms with Crippen molar-refractivity contribution >= 4 is 17.6 Å². The first-order valence-corrected chi connectivity index (χ1v) is 5.04. The molecule has 1 rings (SSSR count). The van der Waals surface area contributed by atoms with Crippen LogP contribution in [-0.2, 0) is 14.3 Å². The number of ether oxygens (including phenoxy) is 1. The van der Waals surface area contributed by atoms with Gasteiger partial charge in [-0.05, 0) is 19.1 Å². The fourth-order valence-electron chi connectivity index (χ4n) is 1.19. The third-order valence-electron chi connectivity index (χ3n) is 2.40. The zero-order valence-electron chi connectivity index (χ0n) is 9.77. The Bertz CT molecular complexity index is 408. The van der Waals surface area contributed by atoms with Crippen LogP contribution in [0.3, 0.4) is 0 Å². The lowest BCUT2D eigenvalue weighted by molar-refractivity contribution is -0.142. The molecular weight excluding hydrogens is 222 g/mol. The number of nitrogens with one attached hydrogen (secondary N) is 1. The molecule has 0 aromatic carbocycles. The van der Waals surface area contributed by atoms with Crippen LogP contribution in [0, 0.1) is 0 Å². The maximum absolute atomic E-state index is 11.7. The van der Waals surface area contributed by atoms with E-state index in [0.29, 0.717) is 5.82 Å². The monoisotopic (exact) mass is 237 g/mol. The fourth-order valence-corrected chi connectivity index (χ4v) is 1.19. The van der Waals surface area contributed by atoms with E-state index in [1.54, 1.807) is 24.4 Å². The molecule has 1 aromatic rings. The zero-order valence-corrected chi connectivity index (χ0v) is 9.77. The van der Waals surface area contributed by atoms with Crippen LogP contribution >= 0.6 is 0 Å². The molecule has 92 valence electrons. The Kier molecular flexibility index (Phi) is 4.17. The van der Waals surface area contributed by atoms with Gasteiger partial charge in [0.25, 0.3) is 0 Å². The predicted molar refractivity (Wildman–Crippen MR) is 62.1 cm³/mol. The average Bonchev–Trinajstić information content (AvgIpc) is 2.29. The number of primary amides is 1. The van der Waals surface area contributed by atoms with Crippen molar-refractivity contribution in [2.45, 2.75) is 18.9 Å². The molecule has 0 spiro atoms. The van der Waals surface area contributed by atoms with Gasteiger partial charge >= 0.3 is 0 Å². The molecule has 3 N–H and O–H groups in total. The van der Waals surface area contributed by atoms with E-state index >= 15 is 0 Å². The van der Waals surface area contributed by atoms with Crippen LogP contribution in [-0.4, -0.2) is 29.5 Å². The number of hydrogen-bond acceptors (Lipinski definition) is 4. The Morgan fingerprint density at radius 1 is 1.53 bits per heavy atom. The molecule has 2 amide bonds. The minimum absolute atomic E-state index is 0.157. The highest BCUT2D eigenvalue weighted by Gasteiger charge is 2.33. The van der Waals surface area contributed by atoms with E-state index in [0.717, 1.165) is 0 Å². The van der Waals surface area contributed by atoms with E-state index in [1.807, 2.05) is 0 Å². The number of amides is 2. The van der Waals surface area contributed by atoms with Crippen LogP contribution in [0.5, 0.6) is 0 Å². The summed E-state index contributed by atoms with van der Waals surface area (Å²) in [7, 11) is 1.33. The Morgan fingerprint density at radius 2 is 2.24 bits per heavy atom. The molecule has 1 atom stereocenters. The molecule has 0 fully saturated rings. The SMILES string of the molecule is COC(C)(CC(=O)Nc1ccccn1)C(N)=O. The topological polar surface area (TPSA) is 94.3 Å².